The van der Waals surface area contributed by atoms with E-state index in [0.29, 0.717) is 0 Å². The first-order valence-corrected chi connectivity index (χ1v) is 4.21. The number of hydrogen-bond acceptors (Lipinski definition) is 4. The lowest BCUT2D eigenvalue weighted by atomic mass is 9.87. The Hall–Kier alpha value is -1.03. The van der Waals surface area contributed by atoms with Crippen molar-refractivity contribution in [3.63, 3.8) is 0 Å². The summed E-state index contributed by atoms with van der Waals surface area (Å²) in [7, 11) is 0. The van der Waals surface area contributed by atoms with Gasteiger partial charge in [-0.05, 0) is 0 Å². The summed E-state index contributed by atoms with van der Waals surface area (Å²) in [6, 6.07) is 0. The standard InChI is InChI=1S/C9H12O4/c1-5(2)9(12)8-6(10)3-13-4-7(8)11/h5,8H,3-4H2,1-2H3. The lowest BCUT2D eigenvalue weighted by molar-refractivity contribution is -0.150. The van der Waals surface area contributed by atoms with E-state index in [9.17, 15) is 14.4 Å². The molecule has 0 bridgehead atoms. The Bertz CT molecular complexity index is 238. The maximum atomic E-state index is 11.4. The summed E-state index contributed by atoms with van der Waals surface area (Å²) in [4.78, 5) is 33.8. The van der Waals surface area contributed by atoms with Gasteiger partial charge in [0, 0.05) is 5.92 Å². The van der Waals surface area contributed by atoms with Crippen LogP contribution in [0, 0.1) is 11.8 Å². The predicted molar refractivity (Wildman–Crippen MR) is 44.2 cm³/mol. The Kier molecular flexibility index (Phi) is 2.93. The molecule has 0 N–H and O–H groups in total. The van der Waals surface area contributed by atoms with E-state index in [0.717, 1.165) is 0 Å². The lowest BCUT2D eigenvalue weighted by Gasteiger charge is -2.19. The Balaban J connectivity index is 2.80. The van der Waals surface area contributed by atoms with E-state index in [1.54, 1.807) is 13.8 Å². The normalized spacial score (nSPS) is 19.6. The summed E-state index contributed by atoms with van der Waals surface area (Å²) in [6.07, 6.45) is 0. The van der Waals surface area contributed by atoms with Crippen LogP contribution in [0.15, 0.2) is 0 Å². The number of carbonyl (C=O) groups is 3. The molecule has 0 amide bonds. The maximum absolute atomic E-state index is 11.4. The highest BCUT2D eigenvalue weighted by atomic mass is 16.5. The highest BCUT2D eigenvalue weighted by Gasteiger charge is 2.37. The summed E-state index contributed by atoms with van der Waals surface area (Å²) in [5.74, 6) is -2.45. The van der Waals surface area contributed by atoms with Gasteiger partial charge in [-0.15, -0.1) is 0 Å². The number of ether oxygens (including phenoxy) is 1. The van der Waals surface area contributed by atoms with Gasteiger partial charge < -0.3 is 4.74 Å². The fraction of sp³-hybridized carbons (Fsp3) is 0.667. The number of Topliss-reactive ketones (excluding diaryl/α,β-unsaturated/α-hetero) is 3. The molecule has 0 spiro atoms. The van der Waals surface area contributed by atoms with E-state index in [4.69, 9.17) is 4.74 Å². The monoisotopic (exact) mass is 184 g/mol. The SMILES string of the molecule is CC(C)C(=O)C1C(=O)COCC1=O. The van der Waals surface area contributed by atoms with Crippen molar-refractivity contribution in [3.05, 3.63) is 0 Å². The van der Waals surface area contributed by atoms with Crippen molar-refractivity contribution in [1.82, 2.24) is 0 Å². The van der Waals surface area contributed by atoms with Crippen LogP contribution >= 0.6 is 0 Å². The fourth-order valence-electron chi connectivity index (χ4n) is 1.25. The molecule has 0 radical (unpaired) electrons. The van der Waals surface area contributed by atoms with Crippen molar-refractivity contribution < 1.29 is 19.1 Å². The van der Waals surface area contributed by atoms with Gasteiger partial charge in [0.25, 0.3) is 0 Å². The Labute approximate surface area is 76.3 Å². The second-order valence-electron chi connectivity index (χ2n) is 3.42. The molecular formula is C9H12O4. The van der Waals surface area contributed by atoms with Crippen LogP contribution in [0.2, 0.25) is 0 Å². The highest BCUT2D eigenvalue weighted by Crippen LogP contribution is 2.13. The summed E-state index contributed by atoms with van der Waals surface area (Å²) < 4.78 is 4.70. The first kappa shape index (κ1) is 10.1. The molecule has 0 aromatic carbocycles. The minimum Gasteiger partial charge on any atom is -0.366 e. The van der Waals surface area contributed by atoms with Crippen LogP contribution in [0.5, 0.6) is 0 Å². The smallest absolute Gasteiger partial charge is 0.176 e. The van der Waals surface area contributed by atoms with Gasteiger partial charge in [0.1, 0.15) is 19.1 Å². The molecule has 1 aliphatic heterocycles. The molecule has 0 unspecified atom stereocenters. The van der Waals surface area contributed by atoms with Gasteiger partial charge in [-0.25, -0.2) is 0 Å². The molecule has 0 aromatic rings. The minimum absolute atomic E-state index is 0.116. The third kappa shape index (κ3) is 2.01. The first-order chi connectivity index (χ1) is 6.04. The first-order valence-electron chi connectivity index (χ1n) is 4.21. The number of hydrogen-bond donors (Lipinski definition) is 0. The molecule has 1 aliphatic rings. The Morgan fingerprint density at radius 1 is 1.31 bits per heavy atom. The van der Waals surface area contributed by atoms with Gasteiger partial charge in [0.05, 0.1) is 0 Å². The van der Waals surface area contributed by atoms with Gasteiger partial charge in [-0.2, -0.15) is 0 Å². The quantitative estimate of drug-likeness (QED) is 0.566. The predicted octanol–water partition coefficient (Wildman–Crippen LogP) is -0.00390. The van der Waals surface area contributed by atoms with Crippen LogP contribution in [0.25, 0.3) is 0 Å². The van der Waals surface area contributed by atoms with Crippen LogP contribution in [-0.4, -0.2) is 30.6 Å². The van der Waals surface area contributed by atoms with Crippen LogP contribution < -0.4 is 0 Å². The van der Waals surface area contributed by atoms with E-state index in [-0.39, 0.29) is 24.9 Å². The lowest BCUT2D eigenvalue weighted by Crippen LogP contribution is -2.42. The van der Waals surface area contributed by atoms with Gasteiger partial charge >= 0.3 is 0 Å². The number of carbonyl (C=O) groups excluding carboxylic acids is 3. The summed E-state index contributed by atoms with van der Waals surface area (Å²) in [5, 5.41) is 0. The zero-order valence-electron chi connectivity index (χ0n) is 7.70. The molecular weight excluding hydrogens is 172 g/mol. The van der Waals surface area contributed by atoms with Crippen molar-refractivity contribution >= 4 is 17.3 Å². The highest BCUT2D eigenvalue weighted by molar-refractivity contribution is 6.21. The van der Waals surface area contributed by atoms with Crippen LogP contribution in [0.1, 0.15) is 13.8 Å². The van der Waals surface area contributed by atoms with Crippen molar-refractivity contribution in [2.24, 2.45) is 11.8 Å². The molecule has 1 fully saturated rings. The maximum Gasteiger partial charge on any atom is 0.176 e. The van der Waals surface area contributed by atoms with Crippen molar-refractivity contribution in [3.8, 4) is 0 Å². The largest absolute Gasteiger partial charge is 0.366 e. The molecule has 72 valence electrons. The topological polar surface area (TPSA) is 60.4 Å². The zero-order valence-corrected chi connectivity index (χ0v) is 7.70. The van der Waals surface area contributed by atoms with Crippen LogP contribution in [0.3, 0.4) is 0 Å². The van der Waals surface area contributed by atoms with Crippen LogP contribution in [0.4, 0.5) is 0 Å². The molecule has 1 rings (SSSR count). The van der Waals surface area contributed by atoms with Crippen LogP contribution in [-0.2, 0) is 19.1 Å². The van der Waals surface area contributed by atoms with Crippen molar-refractivity contribution in [1.29, 1.82) is 0 Å². The Morgan fingerprint density at radius 3 is 2.15 bits per heavy atom. The summed E-state index contributed by atoms with van der Waals surface area (Å²) in [6.45, 7) is 3.13. The molecule has 0 aromatic heterocycles. The van der Waals surface area contributed by atoms with Crippen molar-refractivity contribution in [2.45, 2.75) is 13.8 Å². The second kappa shape index (κ2) is 3.79. The zero-order chi connectivity index (χ0) is 10.0. The molecule has 4 heteroatoms. The van der Waals surface area contributed by atoms with Gasteiger partial charge in [-0.1, -0.05) is 13.8 Å². The summed E-state index contributed by atoms with van der Waals surface area (Å²) in [5.41, 5.74) is 0. The average Bonchev–Trinajstić information content (AvgIpc) is 2.03. The van der Waals surface area contributed by atoms with E-state index in [1.165, 1.54) is 0 Å². The van der Waals surface area contributed by atoms with E-state index in [2.05, 4.69) is 0 Å². The van der Waals surface area contributed by atoms with Crippen molar-refractivity contribution in [2.75, 3.05) is 13.2 Å². The van der Waals surface area contributed by atoms with Gasteiger partial charge in [0.2, 0.25) is 0 Å². The van der Waals surface area contributed by atoms with E-state index < -0.39 is 17.5 Å². The summed E-state index contributed by atoms with van der Waals surface area (Å²) >= 11 is 0. The third-order valence-corrected chi connectivity index (χ3v) is 1.99. The molecule has 0 aliphatic carbocycles. The van der Waals surface area contributed by atoms with Gasteiger partial charge in [0.15, 0.2) is 17.3 Å². The molecule has 1 heterocycles. The van der Waals surface area contributed by atoms with E-state index in [1.807, 2.05) is 0 Å². The molecule has 4 nitrogen and oxygen atoms in total. The molecule has 0 saturated carbocycles. The number of ketones is 3. The third-order valence-electron chi connectivity index (χ3n) is 1.99. The van der Waals surface area contributed by atoms with Gasteiger partial charge in [-0.3, -0.25) is 14.4 Å². The molecule has 1 saturated heterocycles. The minimum atomic E-state index is -1.06. The molecule has 0 atom stereocenters. The fourth-order valence-corrected chi connectivity index (χ4v) is 1.25. The number of rotatable bonds is 2. The second-order valence-corrected chi connectivity index (χ2v) is 3.42. The average molecular weight is 184 g/mol. The molecule has 13 heavy (non-hydrogen) atoms. The Morgan fingerprint density at radius 2 is 1.77 bits per heavy atom. The van der Waals surface area contributed by atoms with E-state index >= 15 is 0 Å².